The van der Waals surface area contributed by atoms with Gasteiger partial charge in [-0.25, -0.2) is 0 Å². The van der Waals surface area contributed by atoms with E-state index in [4.69, 9.17) is 0 Å². The van der Waals surface area contributed by atoms with Gasteiger partial charge in [-0.1, -0.05) is 12.1 Å². The van der Waals surface area contributed by atoms with E-state index in [9.17, 15) is 0 Å². The summed E-state index contributed by atoms with van der Waals surface area (Å²) in [5, 5.41) is 0. The quantitative estimate of drug-likeness (QED) is 0.635. The van der Waals surface area contributed by atoms with Crippen molar-refractivity contribution in [2.75, 3.05) is 0 Å². The van der Waals surface area contributed by atoms with Crippen LogP contribution in [0.3, 0.4) is 0 Å². The average Bonchev–Trinajstić information content (AvgIpc) is 1.76. The van der Waals surface area contributed by atoms with E-state index in [0.717, 1.165) is 8.19 Å². The summed E-state index contributed by atoms with van der Waals surface area (Å²) in [5.74, 6) is 4.31. The molecule has 0 atom stereocenters. The largest absolute Gasteiger partial charge is 1.00 e. The topological polar surface area (TPSA) is 0 Å². The molecular weight excluding hydrogens is 276 g/mol. The van der Waals surface area contributed by atoms with Gasteiger partial charge in [0, 0.05) is 0 Å². The van der Waals surface area contributed by atoms with Gasteiger partial charge in [0.2, 0.25) is 0 Å². The second kappa shape index (κ2) is 3.70. The van der Waals surface area contributed by atoms with Crippen LogP contribution in [-0.2, 0) is 22.4 Å². The molecule has 0 aliphatic carbocycles. The van der Waals surface area contributed by atoms with Crippen LogP contribution in [0.5, 0.6) is 0 Å². The number of hydrogen-bond acceptors (Lipinski definition) is 0. The van der Waals surface area contributed by atoms with Crippen molar-refractivity contribution in [3.8, 4) is 0 Å². The van der Waals surface area contributed by atoms with Gasteiger partial charge < -0.3 is 0 Å². The van der Waals surface area contributed by atoms with E-state index < -0.39 is 0 Å². The first-order valence-electron chi connectivity index (χ1n) is 1.58. The Kier molecular flexibility index (Phi) is 4.02. The van der Waals surface area contributed by atoms with Crippen molar-refractivity contribution in [1.82, 2.24) is 0 Å². The van der Waals surface area contributed by atoms with Gasteiger partial charge in [-0.15, -0.1) is 8.19 Å². The average molecular weight is 281 g/mol. The maximum absolute atomic E-state index is 2.15. The molecule has 0 radical (unpaired) electrons. The smallest absolute Gasteiger partial charge is 0.140 e. The Balaban J connectivity index is 0.000000250. The summed E-state index contributed by atoms with van der Waals surface area (Å²) in [4.78, 5) is 0. The molecule has 0 N–H and O–H groups in total. The Morgan fingerprint density at radius 3 is 1.67 bits per heavy atom. The molecule has 0 fully saturated rings. The van der Waals surface area contributed by atoms with E-state index in [1.165, 1.54) is 0 Å². The Hall–Kier alpha value is 0.520. The van der Waals surface area contributed by atoms with Gasteiger partial charge in [-0.3, -0.25) is 0 Å². The summed E-state index contributed by atoms with van der Waals surface area (Å²) in [6.45, 7) is 0. The van der Waals surface area contributed by atoms with Crippen molar-refractivity contribution in [2.24, 2.45) is 0 Å². The van der Waals surface area contributed by atoms with Crippen LogP contribution in [0.1, 0.15) is 0 Å². The zero-order chi connectivity index (χ0) is 3.54. The van der Waals surface area contributed by atoms with Crippen molar-refractivity contribution >= 4 is 8.19 Å². The molecule has 0 aliphatic rings. The zero-order valence-electron chi connectivity index (χ0n) is 3.11. The molecule has 0 saturated heterocycles. The molecule has 0 spiro atoms. The van der Waals surface area contributed by atoms with Gasteiger partial charge >= 0.3 is 22.4 Å². The first-order chi connectivity index (χ1) is 2.50. The van der Waals surface area contributed by atoms with Crippen molar-refractivity contribution in [3.63, 3.8) is 0 Å². The maximum atomic E-state index is 2.15. The predicted molar refractivity (Wildman–Crippen MR) is 25.9 cm³/mol. The van der Waals surface area contributed by atoms with Crippen LogP contribution in [0.2, 0.25) is 0 Å². The van der Waals surface area contributed by atoms with E-state index >= 15 is 0 Å². The van der Waals surface area contributed by atoms with Crippen molar-refractivity contribution in [2.45, 2.75) is 0 Å². The molecule has 1 aromatic heterocycles. The minimum atomic E-state index is 0. The van der Waals surface area contributed by atoms with Crippen LogP contribution in [0, 0.1) is 0 Å². The van der Waals surface area contributed by atoms with E-state index in [2.05, 4.69) is 23.7 Å². The molecular formula is C4H5AuP+. The third-order valence-electron chi connectivity index (χ3n) is 0.496. The summed E-state index contributed by atoms with van der Waals surface area (Å²) < 4.78 is 0. The maximum Gasteiger partial charge on any atom is 1.00 e. The summed E-state index contributed by atoms with van der Waals surface area (Å²) in [7, 11) is 0.948. The second-order valence-corrected chi connectivity index (χ2v) is 1.88. The third kappa shape index (κ3) is 1.84. The first-order valence-corrected chi connectivity index (χ1v) is 2.73. The zero-order valence-corrected chi connectivity index (χ0v) is 6.28. The SMILES string of the molecule is [Au+].c1cc[pH]c1. The molecule has 0 amide bonds. The fourth-order valence-electron chi connectivity index (χ4n) is 0.278. The summed E-state index contributed by atoms with van der Waals surface area (Å²) >= 11 is 0. The molecule has 0 saturated carbocycles. The van der Waals surface area contributed by atoms with Crippen LogP contribution in [0.4, 0.5) is 0 Å². The van der Waals surface area contributed by atoms with Gasteiger partial charge in [-0.05, 0) is 11.6 Å². The number of rotatable bonds is 0. The third-order valence-corrected chi connectivity index (χ3v) is 1.27. The monoisotopic (exact) mass is 281 g/mol. The molecule has 2 heteroatoms. The normalized spacial score (nSPS) is 6.67. The first kappa shape index (κ1) is 6.52. The molecule has 1 heterocycles. The second-order valence-electron chi connectivity index (χ2n) is 0.885. The molecule has 36 valence electrons. The van der Waals surface area contributed by atoms with Crippen LogP contribution in [0.15, 0.2) is 23.7 Å². The van der Waals surface area contributed by atoms with Crippen molar-refractivity contribution < 1.29 is 22.4 Å². The Morgan fingerprint density at radius 1 is 1.00 bits per heavy atom. The van der Waals surface area contributed by atoms with E-state index in [1.807, 2.05) is 0 Å². The molecule has 1 rings (SSSR count). The van der Waals surface area contributed by atoms with Crippen molar-refractivity contribution in [1.29, 1.82) is 0 Å². The predicted octanol–water partition coefficient (Wildman–Crippen LogP) is 1.72. The van der Waals surface area contributed by atoms with E-state index in [-0.39, 0.29) is 22.4 Å². The Bertz CT molecular complexity index is 64.0. The van der Waals surface area contributed by atoms with Gasteiger partial charge in [0.25, 0.3) is 0 Å². The van der Waals surface area contributed by atoms with Gasteiger partial charge in [0.1, 0.15) is 0 Å². The van der Waals surface area contributed by atoms with E-state index in [1.54, 1.807) is 0 Å². The van der Waals surface area contributed by atoms with Crippen LogP contribution in [0.25, 0.3) is 0 Å². The van der Waals surface area contributed by atoms with Gasteiger partial charge in [-0.2, -0.15) is 0 Å². The summed E-state index contributed by atoms with van der Waals surface area (Å²) in [6, 6.07) is 4.14. The van der Waals surface area contributed by atoms with Crippen LogP contribution < -0.4 is 0 Å². The van der Waals surface area contributed by atoms with Gasteiger partial charge in [0.05, 0.1) is 0 Å². The van der Waals surface area contributed by atoms with Crippen LogP contribution >= 0.6 is 8.19 Å². The summed E-state index contributed by atoms with van der Waals surface area (Å²) in [6.07, 6.45) is 0. The molecule has 1 aromatic rings. The Morgan fingerprint density at radius 2 is 1.50 bits per heavy atom. The molecule has 0 bridgehead atoms. The standard InChI is InChI=1S/C4H5P.Au/c1-2-4-5-3-1;/h1-5H;/q;+1. The molecule has 0 unspecified atom stereocenters. The number of hydrogen-bond donors (Lipinski definition) is 0. The molecule has 0 aromatic carbocycles. The van der Waals surface area contributed by atoms with Crippen LogP contribution in [-0.4, -0.2) is 0 Å². The fourth-order valence-corrected chi connectivity index (χ4v) is 0.833. The molecule has 0 aliphatic heterocycles. The minimum absolute atomic E-state index is 0. The Labute approximate surface area is 54.6 Å². The van der Waals surface area contributed by atoms with Crippen molar-refractivity contribution in [3.05, 3.63) is 23.7 Å². The van der Waals surface area contributed by atoms with E-state index in [0.29, 0.717) is 0 Å². The minimum Gasteiger partial charge on any atom is -0.140 e. The molecule has 6 heavy (non-hydrogen) atoms. The summed E-state index contributed by atoms with van der Waals surface area (Å²) in [5.41, 5.74) is 0. The van der Waals surface area contributed by atoms with Gasteiger partial charge in [0.15, 0.2) is 0 Å². The fraction of sp³-hybridized carbons (Fsp3) is 0. The molecule has 0 nitrogen and oxygen atoms in total.